The lowest BCUT2D eigenvalue weighted by Crippen LogP contribution is -2.54. The fourth-order valence-electron chi connectivity index (χ4n) is 3.88. The third-order valence-corrected chi connectivity index (χ3v) is 6.09. The summed E-state index contributed by atoms with van der Waals surface area (Å²) in [5.41, 5.74) is 2.91. The average molecular weight is 511 g/mol. The Morgan fingerprint density at radius 1 is 0.806 bits per heavy atom. The first-order valence-corrected chi connectivity index (χ1v) is 11.9. The van der Waals surface area contributed by atoms with Gasteiger partial charge in [0, 0.05) is 5.02 Å². The summed E-state index contributed by atoms with van der Waals surface area (Å²) >= 11 is 11.5. The molecular formula is C29H19ClN2O3S. The minimum atomic E-state index is -0.550. The van der Waals surface area contributed by atoms with Crippen LogP contribution in [-0.2, 0) is 9.59 Å². The second kappa shape index (κ2) is 10.2. The number of thiocarbonyl (C=S) groups is 1. The van der Waals surface area contributed by atoms with E-state index in [4.69, 9.17) is 28.6 Å². The zero-order chi connectivity index (χ0) is 25.1. The third-order valence-electron chi connectivity index (χ3n) is 5.57. The van der Waals surface area contributed by atoms with Crippen LogP contribution in [0.5, 0.6) is 11.5 Å². The summed E-state index contributed by atoms with van der Waals surface area (Å²) in [5.74, 6) is 0.244. The number of amides is 2. The highest BCUT2D eigenvalue weighted by Crippen LogP contribution is 2.30. The maximum Gasteiger partial charge on any atom is 0.270 e. The van der Waals surface area contributed by atoms with Gasteiger partial charge in [-0.2, -0.15) is 0 Å². The van der Waals surface area contributed by atoms with Crippen molar-refractivity contribution in [3.8, 4) is 22.6 Å². The van der Waals surface area contributed by atoms with Crippen LogP contribution in [0.4, 0.5) is 5.69 Å². The molecule has 176 valence electrons. The van der Waals surface area contributed by atoms with Crippen LogP contribution >= 0.6 is 23.8 Å². The van der Waals surface area contributed by atoms with E-state index in [0.717, 1.165) is 11.1 Å². The molecule has 0 atom stereocenters. The Morgan fingerprint density at radius 3 is 2.25 bits per heavy atom. The molecule has 0 saturated carbocycles. The molecule has 1 heterocycles. The summed E-state index contributed by atoms with van der Waals surface area (Å²) in [6.45, 7) is 0. The molecule has 0 bridgehead atoms. The van der Waals surface area contributed by atoms with Gasteiger partial charge in [0.1, 0.15) is 17.1 Å². The quantitative estimate of drug-likeness (QED) is 0.186. The van der Waals surface area contributed by atoms with Crippen LogP contribution in [0.3, 0.4) is 0 Å². The number of hydrogen-bond donors (Lipinski definition) is 1. The van der Waals surface area contributed by atoms with E-state index in [1.807, 2.05) is 72.8 Å². The standard InChI is InChI=1S/C29H19ClN2O3S/c30-21-9-6-8-19(17-21)25-12-5-4-7-20(25)18-26-27(33)31-29(36)32(28(26)34)22-13-15-24(16-14-22)35-23-10-2-1-3-11-23/h1-18H,(H,31,33,36). The van der Waals surface area contributed by atoms with Crippen molar-refractivity contribution in [3.63, 3.8) is 0 Å². The molecule has 1 saturated heterocycles. The van der Waals surface area contributed by atoms with Gasteiger partial charge in [-0.15, -0.1) is 0 Å². The van der Waals surface area contributed by atoms with Crippen LogP contribution in [0.1, 0.15) is 5.56 Å². The minimum Gasteiger partial charge on any atom is -0.457 e. The van der Waals surface area contributed by atoms with E-state index in [-0.39, 0.29) is 10.7 Å². The molecule has 0 unspecified atom stereocenters. The molecule has 4 aromatic carbocycles. The zero-order valence-electron chi connectivity index (χ0n) is 18.9. The van der Waals surface area contributed by atoms with E-state index in [0.29, 0.717) is 27.8 Å². The number of rotatable bonds is 5. The zero-order valence-corrected chi connectivity index (χ0v) is 20.4. The Labute approximate surface area is 218 Å². The summed E-state index contributed by atoms with van der Waals surface area (Å²) in [6.07, 6.45) is 1.58. The lowest BCUT2D eigenvalue weighted by molar-refractivity contribution is -0.122. The van der Waals surface area contributed by atoms with Crippen LogP contribution in [0.2, 0.25) is 5.02 Å². The van der Waals surface area contributed by atoms with Crippen molar-refractivity contribution in [2.75, 3.05) is 4.90 Å². The number of nitrogens with one attached hydrogen (secondary N) is 1. The lowest BCUT2D eigenvalue weighted by atomic mass is 9.97. The molecular weight excluding hydrogens is 492 g/mol. The van der Waals surface area contributed by atoms with Crippen LogP contribution in [0.25, 0.3) is 17.2 Å². The molecule has 0 radical (unpaired) electrons. The van der Waals surface area contributed by atoms with Crippen LogP contribution in [0, 0.1) is 0 Å². The van der Waals surface area contributed by atoms with Crippen molar-refractivity contribution >= 4 is 52.5 Å². The third kappa shape index (κ3) is 4.91. The van der Waals surface area contributed by atoms with Gasteiger partial charge in [-0.3, -0.25) is 19.8 Å². The van der Waals surface area contributed by atoms with Gasteiger partial charge in [0.2, 0.25) is 0 Å². The molecule has 1 fully saturated rings. The predicted octanol–water partition coefficient (Wildman–Crippen LogP) is 6.63. The normalized spacial score (nSPS) is 14.6. The summed E-state index contributed by atoms with van der Waals surface area (Å²) in [4.78, 5) is 27.6. The number of nitrogens with zero attached hydrogens (tertiary/aromatic N) is 1. The molecule has 1 N–H and O–H groups in total. The Morgan fingerprint density at radius 2 is 1.50 bits per heavy atom. The Balaban J connectivity index is 1.46. The maximum atomic E-state index is 13.5. The van der Waals surface area contributed by atoms with E-state index in [2.05, 4.69) is 5.32 Å². The SMILES string of the molecule is O=C1NC(=S)N(c2ccc(Oc3ccccc3)cc2)C(=O)C1=Cc1ccccc1-c1cccc(Cl)c1. The number of ether oxygens (including phenoxy) is 1. The van der Waals surface area contributed by atoms with E-state index in [9.17, 15) is 9.59 Å². The topological polar surface area (TPSA) is 58.6 Å². The number of hydrogen-bond acceptors (Lipinski definition) is 4. The molecule has 4 aromatic rings. The Kier molecular flexibility index (Phi) is 6.62. The van der Waals surface area contributed by atoms with E-state index in [1.165, 1.54) is 4.90 Å². The van der Waals surface area contributed by atoms with Crippen molar-refractivity contribution in [2.24, 2.45) is 0 Å². The molecule has 0 aromatic heterocycles. The van der Waals surface area contributed by atoms with Crippen molar-refractivity contribution in [2.45, 2.75) is 0 Å². The van der Waals surface area contributed by atoms with Crippen LogP contribution < -0.4 is 15.0 Å². The lowest BCUT2D eigenvalue weighted by Gasteiger charge is -2.29. The fraction of sp³-hybridized carbons (Fsp3) is 0. The highest BCUT2D eigenvalue weighted by molar-refractivity contribution is 7.80. The fourth-order valence-corrected chi connectivity index (χ4v) is 4.35. The largest absolute Gasteiger partial charge is 0.457 e. The Bertz CT molecular complexity index is 1500. The van der Waals surface area contributed by atoms with Gasteiger partial charge in [-0.1, -0.05) is 66.2 Å². The molecule has 1 aliphatic heterocycles. The monoisotopic (exact) mass is 510 g/mol. The van der Waals surface area contributed by atoms with Crippen molar-refractivity contribution in [1.29, 1.82) is 0 Å². The summed E-state index contributed by atoms with van der Waals surface area (Å²) in [7, 11) is 0. The van der Waals surface area contributed by atoms with Crippen molar-refractivity contribution in [1.82, 2.24) is 5.32 Å². The smallest absolute Gasteiger partial charge is 0.270 e. The van der Waals surface area contributed by atoms with E-state index in [1.54, 1.807) is 36.4 Å². The van der Waals surface area contributed by atoms with E-state index >= 15 is 0 Å². The average Bonchev–Trinajstić information content (AvgIpc) is 2.88. The van der Waals surface area contributed by atoms with E-state index < -0.39 is 11.8 Å². The Hall–Kier alpha value is -4.26. The molecule has 36 heavy (non-hydrogen) atoms. The van der Waals surface area contributed by atoms with Gasteiger partial charge in [-0.25, -0.2) is 0 Å². The molecule has 5 rings (SSSR count). The van der Waals surface area contributed by atoms with Gasteiger partial charge >= 0.3 is 0 Å². The molecule has 1 aliphatic rings. The first kappa shape index (κ1) is 23.5. The number of para-hydroxylation sites is 1. The summed E-state index contributed by atoms with van der Waals surface area (Å²) in [6, 6.07) is 31.2. The first-order chi connectivity index (χ1) is 17.5. The highest BCUT2D eigenvalue weighted by Gasteiger charge is 2.34. The van der Waals surface area contributed by atoms with Crippen LogP contribution in [-0.4, -0.2) is 16.9 Å². The molecule has 0 spiro atoms. The number of carbonyl (C=O) groups excluding carboxylic acids is 2. The van der Waals surface area contributed by atoms with Gasteiger partial charge in [-0.05, 0) is 83.5 Å². The number of carbonyl (C=O) groups is 2. The van der Waals surface area contributed by atoms with Crippen molar-refractivity contribution < 1.29 is 14.3 Å². The second-order valence-electron chi connectivity index (χ2n) is 7.96. The molecule has 0 aliphatic carbocycles. The minimum absolute atomic E-state index is 0.0157. The number of benzene rings is 4. The second-order valence-corrected chi connectivity index (χ2v) is 8.79. The number of anilines is 1. The molecule has 2 amide bonds. The van der Waals surface area contributed by atoms with Crippen molar-refractivity contribution in [3.05, 3.63) is 119 Å². The predicted molar refractivity (Wildman–Crippen MR) is 146 cm³/mol. The highest BCUT2D eigenvalue weighted by atomic mass is 35.5. The molecule has 7 heteroatoms. The van der Waals surface area contributed by atoms with Crippen LogP contribution in [0.15, 0.2) is 109 Å². The maximum absolute atomic E-state index is 13.5. The molecule has 5 nitrogen and oxygen atoms in total. The number of halogens is 1. The van der Waals surface area contributed by atoms with Gasteiger partial charge in [0.05, 0.1) is 5.69 Å². The summed E-state index contributed by atoms with van der Waals surface area (Å²) in [5, 5.41) is 3.24. The van der Waals surface area contributed by atoms with Gasteiger partial charge in [0.25, 0.3) is 11.8 Å². The first-order valence-electron chi connectivity index (χ1n) is 11.1. The van der Waals surface area contributed by atoms with Gasteiger partial charge < -0.3 is 4.74 Å². The van der Waals surface area contributed by atoms with Gasteiger partial charge in [0.15, 0.2) is 5.11 Å². The summed E-state index contributed by atoms with van der Waals surface area (Å²) < 4.78 is 5.83.